The number of halogens is 2. The average molecular weight is 915 g/mol. The smallest absolute Gasteiger partial charge is 1.00 e. The van der Waals surface area contributed by atoms with Crippen molar-refractivity contribution < 1.29 is 48.1 Å². The number of hydrogen-bond acceptors (Lipinski definition) is 0. The Hall–Kier alpha value is -4.30. The number of hydrogen-bond donors (Lipinski definition) is 0. The van der Waals surface area contributed by atoms with Crippen molar-refractivity contribution in [2.75, 3.05) is 0 Å². The molecule has 0 radical (unpaired) electrons. The van der Waals surface area contributed by atoms with Crippen LogP contribution in [0.2, 0.25) is 13.1 Å². The fraction of sp³-hybridized carbons (Fsp3) is 0.179. The Morgan fingerprint density at radius 2 is 0.750 bits per heavy atom. The van der Waals surface area contributed by atoms with Gasteiger partial charge in [-0.2, -0.15) is 12.1 Å². The summed E-state index contributed by atoms with van der Waals surface area (Å²) in [6.45, 7) is 9.14. The van der Waals surface area contributed by atoms with Gasteiger partial charge >= 0.3 is 41.9 Å². The maximum Gasteiger partial charge on any atom is -1.00 e. The summed E-state index contributed by atoms with van der Waals surface area (Å²) in [5, 5.41) is 16.1. The second-order valence-corrected chi connectivity index (χ2v) is 25.3. The zero-order chi connectivity index (χ0) is 40.0. The molecule has 0 nitrogen and oxygen atoms in total. The molecule has 0 heterocycles. The van der Waals surface area contributed by atoms with Crippen molar-refractivity contribution in [1.29, 1.82) is 0 Å². The van der Waals surface area contributed by atoms with Crippen LogP contribution in [-0.4, -0.2) is 5.43 Å². The standard InChI is InChI=1S/2C27H23.C2H6Si.2ClH.Zr/c2*1-2-3-9-19-16-20-11-8-15-25(26(20)17-19)27-18-21-10-4-5-12-22(21)23-13-6-7-14-24(23)27;1-3-2;;;/h2*4-8,10-18H,2-3,9H2,1H3;1-2H3;2*1H;/q2*-1;;;;+2/p-2. The first kappa shape index (κ1) is 45.2. The minimum atomic E-state index is 0. The van der Waals surface area contributed by atoms with Gasteiger partial charge in [0, 0.05) is 0 Å². The third kappa shape index (κ3) is 9.75. The van der Waals surface area contributed by atoms with Gasteiger partial charge in [0.05, 0.1) is 0 Å². The molecule has 0 N–H and O–H groups in total. The zero-order valence-corrected chi connectivity index (χ0v) is 40.1. The van der Waals surface area contributed by atoms with E-state index in [1.807, 2.05) is 0 Å². The van der Waals surface area contributed by atoms with Gasteiger partial charge in [-0.25, -0.2) is 0 Å². The van der Waals surface area contributed by atoms with E-state index in [0.29, 0.717) is 0 Å². The third-order valence-corrected chi connectivity index (χ3v) is 11.4. The van der Waals surface area contributed by atoms with Gasteiger partial charge in [-0.05, 0) is 79.2 Å². The molecule has 10 aromatic rings. The van der Waals surface area contributed by atoms with Crippen LogP contribution in [0.1, 0.15) is 50.7 Å². The third-order valence-electron chi connectivity index (χ3n) is 11.4. The Kier molecular flexibility index (Phi) is 15.8. The molecule has 0 spiro atoms. The van der Waals surface area contributed by atoms with Crippen molar-refractivity contribution in [1.82, 2.24) is 0 Å². The molecule has 0 fully saturated rings. The van der Waals surface area contributed by atoms with Crippen LogP contribution < -0.4 is 24.8 Å². The summed E-state index contributed by atoms with van der Waals surface area (Å²) in [7, 11) is 0. The first-order valence-corrected chi connectivity index (χ1v) is 27.3. The summed E-state index contributed by atoms with van der Waals surface area (Å²) in [4.78, 5) is 0. The van der Waals surface area contributed by atoms with Gasteiger partial charge in [-0.15, -0.1) is 69.1 Å². The molecule has 0 amide bonds. The molecule has 0 saturated heterocycles. The predicted octanol–water partition coefficient (Wildman–Crippen LogP) is 10.5. The van der Waals surface area contributed by atoms with E-state index in [-0.39, 0.29) is 30.2 Å². The largest absolute Gasteiger partial charge is 1.00 e. The number of rotatable bonds is 8. The van der Waals surface area contributed by atoms with E-state index in [2.05, 4.69) is 197 Å². The van der Waals surface area contributed by atoms with E-state index in [9.17, 15) is 0 Å². The van der Waals surface area contributed by atoms with E-state index in [0.717, 1.165) is 0 Å². The van der Waals surface area contributed by atoms with Crippen LogP contribution >= 0.6 is 0 Å². The molecule has 0 aliphatic carbocycles. The molecule has 10 rings (SSSR count). The normalized spacial score (nSPS) is 10.9. The van der Waals surface area contributed by atoms with E-state index in [4.69, 9.17) is 0 Å². The molecule has 0 aliphatic rings. The zero-order valence-electron chi connectivity index (χ0n) is 35.2. The van der Waals surface area contributed by atoms with Gasteiger partial charge < -0.3 is 24.8 Å². The molecule has 300 valence electrons. The molecule has 0 saturated carbocycles. The molecule has 0 aromatic heterocycles. The molecule has 0 atom stereocenters. The predicted molar refractivity (Wildman–Crippen MR) is 255 cm³/mol. The Labute approximate surface area is 384 Å². The van der Waals surface area contributed by atoms with Gasteiger partial charge in [-0.3, -0.25) is 0 Å². The molecular formula is C56H52Cl2SiZr-2. The average Bonchev–Trinajstić information content (AvgIpc) is 3.88. The van der Waals surface area contributed by atoms with Crippen LogP contribution in [0.15, 0.2) is 170 Å². The second-order valence-electron chi connectivity index (χ2n) is 15.9. The van der Waals surface area contributed by atoms with Gasteiger partial charge in [0.1, 0.15) is 0 Å². The number of benzene rings is 8. The van der Waals surface area contributed by atoms with E-state index >= 15 is 0 Å². The van der Waals surface area contributed by atoms with Gasteiger partial charge in [0.2, 0.25) is 0 Å². The number of unbranched alkanes of at least 4 members (excludes halogenated alkanes) is 2. The number of aryl methyl sites for hydroxylation is 2. The van der Waals surface area contributed by atoms with Crippen molar-refractivity contribution in [3.63, 3.8) is 0 Å². The Morgan fingerprint density at radius 1 is 0.400 bits per heavy atom. The molecule has 0 aliphatic heterocycles. The summed E-state index contributed by atoms with van der Waals surface area (Å²) in [5.74, 6) is 0. The molecule has 0 bridgehead atoms. The monoisotopic (exact) mass is 912 g/mol. The van der Waals surface area contributed by atoms with Crippen LogP contribution in [0.4, 0.5) is 0 Å². The Bertz CT molecular complexity index is 2840. The van der Waals surface area contributed by atoms with Crippen LogP contribution in [-0.2, 0) is 36.2 Å². The molecule has 0 unspecified atom stereocenters. The van der Waals surface area contributed by atoms with Crippen molar-refractivity contribution in [3.05, 3.63) is 181 Å². The molecule has 4 heteroatoms. The van der Waals surface area contributed by atoms with Gasteiger partial charge in [0.15, 0.2) is 0 Å². The quantitative estimate of drug-likeness (QED) is 0.0810. The summed E-state index contributed by atoms with van der Waals surface area (Å²) in [6, 6.07) is 62.8. The molecule has 60 heavy (non-hydrogen) atoms. The van der Waals surface area contributed by atoms with Crippen molar-refractivity contribution in [2.24, 2.45) is 0 Å². The van der Waals surface area contributed by atoms with E-state index in [1.165, 1.54) is 137 Å². The number of fused-ring (bicyclic) bond motifs is 8. The summed E-state index contributed by atoms with van der Waals surface area (Å²) in [6.07, 6.45) is 7.33. The van der Waals surface area contributed by atoms with Crippen molar-refractivity contribution in [2.45, 2.75) is 65.5 Å². The van der Waals surface area contributed by atoms with Crippen LogP contribution in [0.3, 0.4) is 0 Å². The fourth-order valence-corrected chi connectivity index (χ4v) is 8.67. The molecule has 10 aromatic carbocycles. The van der Waals surface area contributed by atoms with E-state index < -0.39 is 0 Å². The maximum atomic E-state index is 2.41. The minimum absolute atomic E-state index is 0. The Morgan fingerprint density at radius 3 is 1.13 bits per heavy atom. The van der Waals surface area contributed by atoms with Crippen molar-refractivity contribution >= 4 is 70.1 Å². The van der Waals surface area contributed by atoms with Crippen LogP contribution in [0, 0.1) is 0 Å². The first-order chi connectivity index (χ1) is 28.4. The van der Waals surface area contributed by atoms with E-state index in [1.54, 1.807) is 23.3 Å². The van der Waals surface area contributed by atoms with Gasteiger partial charge in [-0.1, -0.05) is 160 Å². The summed E-state index contributed by atoms with van der Waals surface area (Å²) in [5.41, 5.74) is 8.50. The summed E-state index contributed by atoms with van der Waals surface area (Å²) < 4.78 is 0. The van der Waals surface area contributed by atoms with Crippen molar-refractivity contribution in [3.8, 4) is 22.3 Å². The fourth-order valence-electron chi connectivity index (χ4n) is 8.67. The first-order valence-electron chi connectivity index (χ1n) is 21.1. The van der Waals surface area contributed by atoms with Crippen LogP contribution in [0.25, 0.3) is 86.9 Å². The van der Waals surface area contributed by atoms with Crippen LogP contribution in [0.5, 0.6) is 0 Å². The summed E-state index contributed by atoms with van der Waals surface area (Å²) >= 11 is 1.74. The second kappa shape index (κ2) is 21.0. The topological polar surface area (TPSA) is 0 Å². The SMILES string of the molecule is CCCCc1cc2c(-c3cc4ccccc4c4ccccc34)cccc2[cH-]1.CCCCc1cc2c(-c3cc4ccccc4c4ccccc34)cccc2[cH-]1.C[Si](C)=[Zr+2].[Cl-].[Cl-]. The van der Waals surface area contributed by atoms with Gasteiger partial charge in [0.25, 0.3) is 0 Å². The maximum absolute atomic E-state index is 2.41. The Balaban J connectivity index is 0.000000179. The minimum Gasteiger partial charge on any atom is -1.00 e. The molecular weight excluding hydrogens is 863 g/mol.